The molecule has 0 aromatic heterocycles. The highest BCUT2D eigenvalue weighted by Crippen LogP contribution is 2.19. The van der Waals surface area contributed by atoms with Crippen molar-refractivity contribution in [2.24, 2.45) is 5.73 Å². The van der Waals surface area contributed by atoms with Gasteiger partial charge in [0.2, 0.25) is 0 Å². The highest BCUT2D eigenvalue weighted by atomic mass is 16.5. The first kappa shape index (κ1) is 11.8. The van der Waals surface area contributed by atoms with Gasteiger partial charge in [0.15, 0.2) is 0 Å². The zero-order valence-corrected chi connectivity index (χ0v) is 9.18. The van der Waals surface area contributed by atoms with E-state index in [4.69, 9.17) is 15.6 Å². The molecule has 0 radical (unpaired) electrons. The molecule has 1 atom stereocenters. The maximum atomic E-state index is 8.85. The van der Waals surface area contributed by atoms with Crippen LogP contribution < -0.4 is 15.4 Å². The van der Waals surface area contributed by atoms with Crippen LogP contribution in [-0.4, -0.2) is 38.5 Å². The highest BCUT2D eigenvalue weighted by molar-refractivity contribution is 5.50. The van der Waals surface area contributed by atoms with Crippen molar-refractivity contribution in [2.75, 3.05) is 32.2 Å². The summed E-state index contributed by atoms with van der Waals surface area (Å²) < 4.78 is 5.13. The average molecular weight is 210 g/mol. The second-order valence-corrected chi connectivity index (χ2v) is 3.52. The molecule has 3 N–H and O–H groups in total. The number of rotatable bonds is 5. The normalized spacial score (nSPS) is 12.3. The summed E-state index contributed by atoms with van der Waals surface area (Å²) in [4.78, 5) is 1.99. The molecule has 0 heterocycles. The van der Waals surface area contributed by atoms with Crippen LogP contribution in [0.5, 0.6) is 5.75 Å². The molecule has 0 amide bonds. The van der Waals surface area contributed by atoms with Gasteiger partial charge >= 0.3 is 0 Å². The zero-order valence-electron chi connectivity index (χ0n) is 9.18. The van der Waals surface area contributed by atoms with E-state index in [1.807, 2.05) is 36.2 Å². The number of nitrogens with two attached hydrogens (primary N) is 1. The minimum atomic E-state index is -0.221. The first-order valence-electron chi connectivity index (χ1n) is 4.89. The molecule has 1 aromatic carbocycles. The van der Waals surface area contributed by atoms with E-state index in [2.05, 4.69) is 0 Å². The lowest BCUT2D eigenvalue weighted by molar-refractivity contribution is 0.267. The Kier molecular flexibility index (Phi) is 4.39. The molecule has 0 saturated carbocycles. The maximum Gasteiger partial charge on any atom is 0.120 e. The number of methoxy groups -OCH3 is 1. The van der Waals surface area contributed by atoms with Crippen LogP contribution in [0.3, 0.4) is 0 Å². The minimum absolute atomic E-state index is 0.00565. The fourth-order valence-corrected chi connectivity index (χ4v) is 1.36. The number of hydrogen-bond acceptors (Lipinski definition) is 4. The maximum absolute atomic E-state index is 8.85. The van der Waals surface area contributed by atoms with Crippen LogP contribution in [0.1, 0.15) is 0 Å². The molecule has 0 saturated heterocycles. The Morgan fingerprint density at radius 2 is 2.27 bits per heavy atom. The summed E-state index contributed by atoms with van der Waals surface area (Å²) in [5.41, 5.74) is 6.69. The molecular weight excluding hydrogens is 192 g/mol. The minimum Gasteiger partial charge on any atom is -0.497 e. The molecule has 0 aliphatic heterocycles. The summed E-state index contributed by atoms with van der Waals surface area (Å²) in [5.74, 6) is 0.817. The van der Waals surface area contributed by atoms with Crippen molar-refractivity contribution in [1.29, 1.82) is 0 Å². The van der Waals surface area contributed by atoms with Crippen LogP contribution in [0.2, 0.25) is 0 Å². The lowest BCUT2D eigenvalue weighted by atomic mass is 10.2. The van der Waals surface area contributed by atoms with Crippen molar-refractivity contribution in [3.63, 3.8) is 0 Å². The van der Waals surface area contributed by atoms with Gasteiger partial charge in [0.05, 0.1) is 13.7 Å². The second-order valence-electron chi connectivity index (χ2n) is 3.52. The molecule has 4 nitrogen and oxygen atoms in total. The van der Waals surface area contributed by atoms with Crippen LogP contribution in [0.15, 0.2) is 24.3 Å². The van der Waals surface area contributed by atoms with Gasteiger partial charge < -0.3 is 20.5 Å². The van der Waals surface area contributed by atoms with Crippen LogP contribution in [0.4, 0.5) is 5.69 Å². The van der Waals surface area contributed by atoms with Crippen LogP contribution in [0, 0.1) is 0 Å². The van der Waals surface area contributed by atoms with Gasteiger partial charge in [0.1, 0.15) is 5.75 Å². The molecule has 1 unspecified atom stereocenters. The fraction of sp³-hybridized carbons (Fsp3) is 0.455. The van der Waals surface area contributed by atoms with Crippen molar-refractivity contribution >= 4 is 5.69 Å². The Balaban J connectivity index is 2.68. The molecule has 0 aliphatic carbocycles. The summed E-state index contributed by atoms with van der Waals surface area (Å²) in [6, 6.07) is 7.51. The number of aliphatic hydroxyl groups is 1. The monoisotopic (exact) mass is 210 g/mol. The second kappa shape index (κ2) is 5.58. The van der Waals surface area contributed by atoms with Crippen molar-refractivity contribution in [3.8, 4) is 5.75 Å². The lowest BCUT2D eigenvalue weighted by Gasteiger charge is -2.22. The molecule has 0 fully saturated rings. The van der Waals surface area contributed by atoms with Crippen molar-refractivity contribution in [2.45, 2.75) is 6.04 Å². The number of anilines is 1. The SMILES string of the molecule is COc1cccc(N(C)CC(N)CO)c1. The average Bonchev–Trinajstić information content (AvgIpc) is 2.28. The van der Waals surface area contributed by atoms with Gasteiger partial charge in [-0.05, 0) is 12.1 Å². The van der Waals surface area contributed by atoms with Crippen LogP contribution >= 0.6 is 0 Å². The summed E-state index contributed by atoms with van der Waals surface area (Å²) in [7, 11) is 3.57. The van der Waals surface area contributed by atoms with Gasteiger partial charge in [-0.3, -0.25) is 0 Å². The van der Waals surface area contributed by atoms with Crippen LogP contribution in [0.25, 0.3) is 0 Å². The smallest absolute Gasteiger partial charge is 0.120 e. The summed E-state index contributed by atoms with van der Waals surface area (Å²) in [6.07, 6.45) is 0. The predicted molar refractivity (Wildman–Crippen MR) is 61.3 cm³/mol. The molecule has 0 spiro atoms. The Labute approximate surface area is 90.3 Å². The number of nitrogens with zero attached hydrogens (tertiary/aromatic N) is 1. The Hall–Kier alpha value is -1.26. The van der Waals surface area contributed by atoms with E-state index in [-0.39, 0.29) is 12.6 Å². The van der Waals surface area contributed by atoms with E-state index >= 15 is 0 Å². The first-order valence-corrected chi connectivity index (χ1v) is 4.89. The van der Waals surface area contributed by atoms with E-state index in [0.29, 0.717) is 6.54 Å². The number of benzene rings is 1. The Bertz CT molecular complexity index is 304. The molecule has 15 heavy (non-hydrogen) atoms. The highest BCUT2D eigenvalue weighted by Gasteiger charge is 2.06. The molecule has 1 aromatic rings. The Morgan fingerprint density at radius 3 is 2.87 bits per heavy atom. The van der Waals surface area contributed by atoms with E-state index < -0.39 is 0 Å². The molecular formula is C11H18N2O2. The van der Waals surface area contributed by atoms with E-state index in [1.54, 1.807) is 7.11 Å². The van der Waals surface area contributed by atoms with E-state index in [1.165, 1.54) is 0 Å². The van der Waals surface area contributed by atoms with Crippen molar-refractivity contribution in [1.82, 2.24) is 0 Å². The number of hydrogen-bond donors (Lipinski definition) is 2. The van der Waals surface area contributed by atoms with Crippen molar-refractivity contribution in [3.05, 3.63) is 24.3 Å². The lowest BCUT2D eigenvalue weighted by Crippen LogP contribution is -2.37. The fourth-order valence-electron chi connectivity index (χ4n) is 1.36. The van der Waals surface area contributed by atoms with Gasteiger partial charge in [0.25, 0.3) is 0 Å². The first-order chi connectivity index (χ1) is 7.17. The van der Waals surface area contributed by atoms with Gasteiger partial charge in [-0.1, -0.05) is 6.07 Å². The summed E-state index contributed by atoms with van der Waals surface area (Å²) in [6.45, 7) is 0.609. The largest absolute Gasteiger partial charge is 0.497 e. The van der Waals surface area contributed by atoms with E-state index in [9.17, 15) is 0 Å². The van der Waals surface area contributed by atoms with Gasteiger partial charge in [-0.25, -0.2) is 0 Å². The van der Waals surface area contributed by atoms with Crippen molar-refractivity contribution < 1.29 is 9.84 Å². The molecule has 1 rings (SSSR count). The standard InChI is InChI=1S/C11H18N2O2/c1-13(7-9(12)8-14)10-4-3-5-11(6-10)15-2/h3-6,9,14H,7-8,12H2,1-2H3. The quantitative estimate of drug-likeness (QED) is 0.741. The number of ether oxygens (including phenoxy) is 1. The Morgan fingerprint density at radius 1 is 1.53 bits per heavy atom. The zero-order chi connectivity index (χ0) is 11.3. The number of aliphatic hydroxyl groups excluding tert-OH is 1. The molecule has 0 aliphatic rings. The van der Waals surface area contributed by atoms with Gasteiger partial charge in [-0.15, -0.1) is 0 Å². The summed E-state index contributed by atoms with van der Waals surface area (Å²) >= 11 is 0. The predicted octanol–water partition coefficient (Wildman–Crippen LogP) is 0.451. The third-order valence-electron chi connectivity index (χ3n) is 2.24. The van der Waals surface area contributed by atoms with E-state index in [0.717, 1.165) is 11.4 Å². The van der Waals surface area contributed by atoms with Gasteiger partial charge in [0, 0.05) is 31.4 Å². The third kappa shape index (κ3) is 3.42. The molecule has 4 heteroatoms. The number of likely N-dealkylation sites (N-methyl/N-ethyl adjacent to an activating group) is 1. The summed E-state index contributed by atoms with van der Waals surface area (Å²) in [5, 5.41) is 8.85. The molecule has 84 valence electrons. The third-order valence-corrected chi connectivity index (χ3v) is 2.24. The topological polar surface area (TPSA) is 58.7 Å². The van der Waals surface area contributed by atoms with Crippen LogP contribution in [-0.2, 0) is 0 Å². The molecule has 0 bridgehead atoms. The van der Waals surface area contributed by atoms with Gasteiger partial charge in [-0.2, -0.15) is 0 Å².